The molecule has 0 aromatic heterocycles. The number of hydrogen-bond acceptors (Lipinski definition) is 6. The zero-order valence-corrected chi connectivity index (χ0v) is 13.9. The molecule has 23 heavy (non-hydrogen) atoms. The molecule has 0 radical (unpaired) electrons. The van der Waals surface area contributed by atoms with Crippen molar-refractivity contribution in [3.8, 4) is 0 Å². The Bertz CT molecular complexity index is 527. The van der Waals surface area contributed by atoms with Crippen molar-refractivity contribution in [3.63, 3.8) is 0 Å². The van der Waals surface area contributed by atoms with Gasteiger partial charge < -0.3 is 20.5 Å². The molecular formula is C12H24BN3O6S. The lowest BCUT2D eigenvalue weighted by atomic mass is 9.80. The van der Waals surface area contributed by atoms with Crippen molar-refractivity contribution in [2.24, 2.45) is 11.8 Å². The van der Waals surface area contributed by atoms with Gasteiger partial charge in [0.05, 0.1) is 12.0 Å². The summed E-state index contributed by atoms with van der Waals surface area (Å²) >= 11 is 0. The molecule has 11 heteroatoms. The Kier molecular flexibility index (Phi) is 6.03. The summed E-state index contributed by atoms with van der Waals surface area (Å²) < 4.78 is 27.8. The lowest BCUT2D eigenvalue weighted by Gasteiger charge is -2.36. The molecule has 2 rings (SSSR count). The van der Waals surface area contributed by atoms with Crippen LogP contribution in [-0.2, 0) is 15.0 Å². The third-order valence-corrected chi connectivity index (χ3v) is 6.70. The molecule has 0 saturated carbocycles. The number of carbonyl (C=O) groups is 1. The van der Waals surface area contributed by atoms with Crippen LogP contribution >= 0.6 is 0 Å². The predicted molar refractivity (Wildman–Crippen MR) is 83.8 cm³/mol. The van der Waals surface area contributed by atoms with Crippen LogP contribution in [0.15, 0.2) is 0 Å². The van der Waals surface area contributed by atoms with Gasteiger partial charge in [0.15, 0.2) is 0 Å². The predicted octanol–water partition coefficient (Wildman–Crippen LogP) is -1.98. The highest BCUT2D eigenvalue weighted by Gasteiger charge is 2.45. The number of carboxylic acids is 1. The molecule has 2 heterocycles. The molecule has 0 aliphatic carbocycles. The molecule has 2 atom stereocenters. The summed E-state index contributed by atoms with van der Waals surface area (Å²) in [6.07, 6.45) is 1.06. The van der Waals surface area contributed by atoms with Gasteiger partial charge in [-0.05, 0) is 18.7 Å². The van der Waals surface area contributed by atoms with E-state index in [9.17, 15) is 18.3 Å². The van der Waals surface area contributed by atoms with Crippen LogP contribution in [0, 0.1) is 11.8 Å². The number of hydrogen-bond donors (Lipinski definition) is 4. The van der Waals surface area contributed by atoms with Gasteiger partial charge in [-0.25, -0.2) is 0 Å². The fourth-order valence-electron chi connectivity index (χ4n) is 3.06. The van der Waals surface area contributed by atoms with Crippen molar-refractivity contribution in [1.82, 2.24) is 13.9 Å². The Hall–Kier alpha value is -0.715. The van der Waals surface area contributed by atoms with Gasteiger partial charge in [-0.15, -0.1) is 0 Å². The third-order valence-electron chi connectivity index (χ3n) is 4.73. The smallest absolute Gasteiger partial charge is 0.451 e. The minimum absolute atomic E-state index is 0.0332. The fraction of sp³-hybridized carbons (Fsp3) is 0.917. The first-order valence-corrected chi connectivity index (χ1v) is 9.16. The van der Waals surface area contributed by atoms with Crippen LogP contribution in [0.1, 0.15) is 12.8 Å². The number of nitrogens with zero attached hydrogens (tertiary/aromatic N) is 2. The minimum atomic E-state index is -3.67. The number of aliphatic carboxylic acids is 1. The van der Waals surface area contributed by atoms with Crippen molar-refractivity contribution < 1.29 is 28.4 Å². The van der Waals surface area contributed by atoms with E-state index in [1.54, 1.807) is 0 Å². The maximum absolute atomic E-state index is 12.6. The highest BCUT2D eigenvalue weighted by molar-refractivity contribution is 7.86. The molecule has 0 bridgehead atoms. The second-order valence-electron chi connectivity index (χ2n) is 6.27. The van der Waals surface area contributed by atoms with Gasteiger partial charge >= 0.3 is 13.1 Å². The van der Waals surface area contributed by atoms with Crippen LogP contribution in [0.2, 0.25) is 6.32 Å². The molecule has 2 saturated heterocycles. The van der Waals surface area contributed by atoms with Gasteiger partial charge in [-0.1, -0.05) is 6.42 Å². The van der Waals surface area contributed by atoms with Crippen molar-refractivity contribution in [2.45, 2.75) is 25.2 Å². The highest BCUT2D eigenvalue weighted by Crippen LogP contribution is 2.31. The van der Waals surface area contributed by atoms with E-state index in [1.165, 1.54) is 15.7 Å². The molecule has 2 fully saturated rings. The van der Waals surface area contributed by atoms with Crippen LogP contribution in [0.3, 0.4) is 0 Å². The quantitative estimate of drug-likeness (QED) is 0.374. The van der Waals surface area contributed by atoms with Crippen molar-refractivity contribution in [2.75, 3.05) is 33.2 Å². The van der Waals surface area contributed by atoms with E-state index < -0.39 is 29.2 Å². The first kappa shape index (κ1) is 18.6. The molecule has 4 N–H and O–H groups in total. The Morgan fingerprint density at radius 1 is 1.35 bits per heavy atom. The van der Waals surface area contributed by atoms with E-state index in [1.807, 2.05) is 0 Å². The molecule has 132 valence electrons. The van der Waals surface area contributed by atoms with E-state index in [2.05, 4.69) is 5.32 Å². The number of nitrogens with one attached hydrogen (secondary N) is 1. The Morgan fingerprint density at radius 2 is 2.00 bits per heavy atom. The fourth-order valence-corrected chi connectivity index (χ4v) is 4.68. The highest BCUT2D eigenvalue weighted by atomic mass is 32.2. The summed E-state index contributed by atoms with van der Waals surface area (Å²) in [5.41, 5.74) is 0. The van der Waals surface area contributed by atoms with Gasteiger partial charge in [0.25, 0.3) is 10.2 Å². The summed E-state index contributed by atoms with van der Waals surface area (Å²) in [4.78, 5) is 11.4. The molecule has 2 aliphatic heterocycles. The van der Waals surface area contributed by atoms with Crippen molar-refractivity contribution in [1.29, 1.82) is 0 Å². The summed E-state index contributed by atoms with van der Waals surface area (Å²) in [7, 11) is -3.57. The molecule has 0 spiro atoms. The molecule has 2 unspecified atom stereocenters. The maximum atomic E-state index is 12.6. The van der Waals surface area contributed by atoms with Gasteiger partial charge in [0, 0.05) is 33.2 Å². The standard InChI is InChI=1S/C12H24BN3O6S/c1-15(10-5-14-6-10)23(21,22)16-7-9(3-2-4-13(19)20)11(8-16)12(17)18/h9-11,14,19-20H,2-8H2,1H3,(H,17,18). The van der Waals surface area contributed by atoms with Crippen LogP contribution < -0.4 is 5.32 Å². The number of carboxylic acid groups (broad SMARTS) is 1. The van der Waals surface area contributed by atoms with E-state index in [0.717, 1.165) is 0 Å². The first-order valence-electron chi connectivity index (χ1n) is 7.76. The van der Waals surface area contributed by atoms with Crippen LogP contribution in [0.25, 0.3) is 0 Å². The second kappa shape index (κ2) is 7.45. The third kappa shape index (κ3) is 4.23. The lowest BCUT2D eigenvalue weighted by Crippen LogP contribution is -2.59. The average Bonchev–Trinajstić information content (AvgIpc) is 2.81. The molecule has 2 aliphatic rings. The molecule has 0 aromatic rings. The van der Waals surface area contributed by atoms with Crippen LogP contribution in [-0.4, -0.2) is 84.5 Å². The van der Waals surface area contributed by atoms with Crippen molar-refractivity contribution >= 4 is 23.3 Å². The van der Waals surface area contributed by atoms with Crippen LogP contribution in [0.5, 0.6) is 0 Å². The van der Waals surface area contributed by atoms with Gasteiger partial charge in [0.2, 0.25) is 0 Å². The van der Waals surface area contributed by atoms with Gasteiger partial charge in [-0.3, -0.25) is 4.79 Å². The van der Waals surface area contributed by atoms with Gasteiger partial charge in [-0.2, -0.15) is 17.0 Å². The molecular weight excluding hydrogens is 325 g/mol. The SMILES string of the molecule is CN(C1CNC1)S(=O)(=O)N1CC(CCCB(O)O)C(C(=O)O)C1. The first-order chi connectivity index (χ1) is 10.7. The van der Waals surface area contributed by atoms with E-state index in [4.69, 9.17) is 10.0 Å². The van der Waals surface area contributed by atoms with E-state index in [0.29, 0.717) is 25.9 Å². The topological polar surface area (TPSA) is 130 Å². The second-order valence-corrected chi connectivity index (χ2v) is 8.26. The summed E-state index contributed by atoms with van der Waals surface area (Å²) in [6, 6.07) is -0.0909. The molecule has 9 nitrogen and oxygen atoms in total. The number of rotatable bonds is 8. The largest absolute Gasteiger partial charge is 0.481 e. The zero-order valence-electron chi connectivity index (χ0n) is 13.1. The average molecular weight is 349 g/mol. The van der Waals surface area contributed by atoms with E-state index >= 15 is 0 Å². The van der Waals surface area contributed by atoms with Crippen molar-refractivity contribution in [3.05, 3.63) is 0 Å². The lowest BCUT2D eigenvalue weighted by molar-refractivity contribution is -0.142. The van der Waals surface area contributed by atoms with E-state index in [-0.39, 0.29) is 31.4 Å². The molecule has 0 amide bonds. The Labute approximate surface area is 136 Å². The van der Waals surface area contributed by atoms with Crippen LogP contribution in [0.4, 0.5) is 0 Å². The Morgan fingerprint density at radius 3 is 2.48 bits per heavy atom. The summed E-state index contributed by atoms with van der Waals surface area (Å²) in [6.45, 7) is 1.33. The van der Waals surface area contributed by atoms with Gasteiger partial charge in [0.1, 0.15) is 0 Å². The Balaban J connectivity index is 2.02. The monoisotopic (exact) mass is 349 g/mol. The molecule has 0 aromatic carbocycles. The normalized spacial score (nSPS) is 26.4. The zero-order chi connectivity index (χ0) is 17.2. The number of likely N-dealkylation sites (N-methyl/N-ethyl adjacent to an activating group) is 1. The minimum Gasteiger partial charge on any atom is -0.481 e. The maximum Gasteiger partial charge on any atom is 0.451 e. The summed E-state index contributed by atoms with van der Waals surface area (Å²) in [5, 5.41) is 30.1. The summed E-state index contributed by atoms with van der Waals surface area (Å²) in [5.74, 6) is -2.08.